The van der Waals surface area contributed by atoms with Crippen molar-refractivity contribution in [2.75, 3.05) is 0 Å². The number of imidazole rings is 1. The average molecular weight is 296 g/mol. The van der Waals surface area contributed by atoms with E-state index in [1.807, 2.05) is 26.0 Å². The lowest BCUT2D eigenvalue weighted by atomic mass is 10.0. The van der Waals surface area contributed by atoms with E-state index < -0.39 is 0 Å². The number of aryl methyl sites for hydroxylation is 2. The van der Waals surface area contributed by atoms with Crippen molar-refractivity contribution in [3.8, 4) is 0 Å². The number of rotatable bonds is 5. The van der Waals surface area contributed by atoms with Crippen LogP contribution in [0.3, 0.4) is 0 Å². The zero-order valence-electron chi connectivity index (χ0n) is 12.3. The van der Waals surface area contributed by atoms with Crippen molar-refractivity contribution < 1.29 is 0 Å². The molecule has 0 aliphatic carbocycles. The van der Waals surface area contributed by atoms with E-state index in [9.17, 15) is 4.79 Å². The van der Waals surface area contributed by atoms with Gasteiger partial charge in [0.25, 0.3) is 0 Å². The van der Waals surface area contributed by atoms with Crippen LogP contribution in [-0.2, 0) is 13.1 Å². The fourth-order valence-corrected chi connectivity index (χ4v) is 3.01. The van der Waals surface area contributed by atoms with Crippen LogP contribution in [0.4, 0.5) is 0 Å². The summed E-state index contributed by atoms with van der Waals surface area (Å²) < 4.78 is 3.52. The van der Waals surface area contributed by atoms with Crippen LogP contribution in [0.1, 0.15) is 45.2 Å². The van der Waals surface area contributed by atoms with E-state index in [0.29, 0.717) is 18.1 Å². The molecule has 1 unspecified atom stereocenters. The van der Waals surface area contributed by atoms with E-state index >= 15 is 0 Å². The van der Waals surface area contributed by atoms with E-state index in [4.69, 9.17) is 17.3 Å². The van der Waals surface area contributed by atoms with E-state index in [2.05, 4.69) is 6.92 Å². The van der Waals surface area contributed by atoms with Crippen molar-refractivity contribution in [2.24, 2.45) is 5.73 Å². The summed E-state index contributed by atoms with van der Waals surface area (Å²) in [5, 5.41) is 0.647. The minimum atomic E-state index is -0.0812. The number of aromatic nitrogens is 2. The van der Waals surface area contributed by atoms with Crippen molar-refractivity contribution in [1.29, 1.82) is 0 Å². The molecule has 2 N–H and O–H groups in total. The third-order valence-electron chi connectivity index (χ3n) is 3.77. The Bertz CT molecular complexity index is 672. The van der Waals surface area contributed by atoms with E-state index in [-0.39, 0.29) is 11.7 Å². The summed E-state index contributed by atoms with van der Waals surface area (Å²) in [6.07, 6.45) is 1.89. The molecule has 0 aliphatic rings. The molecule has 0 spiro atoms. The van der Waals surface area contributed by atoms with Crippen molar-refractivity contribution in [1.82, 2.24) is 9.13 Å². The molecule has 20 heavy (non-hydrogen) atoms. The third kappa shape index (κ3) is 2.38. The number of nitrogens with two attached hydrogens (primary N) is 1. The predicted molar refractivity (Wildman–Crippen MR) is 84.4 cm³/mol. The highest BCUT2D eigenvalue weighted by Crippen LogP contribution is 2.29. The lowest BCUT2D eigenvalue weighted by Crippen LogP contribution is -2.23. The molecule has 0 aliphatic heterocycles. The van der Waals surface area contributed by atoms with Gasteiger partial charge in [0.2, 0.25) is 0 Å². The number of hydrogen-bond donors (Lipinski definition) is 1. The summed E-state index contributed by atoms with van der Waals surface area (Å²) in [6, 6.07) is 3.77. The Balaban J connectivity index is 2.72. The van der Waals surface area contributed by atoms with Gasteiger partial charge in [0.05, 0.1) is 11.0 Å². The quantitative estimate of drug-likeness (QED) is 0.920. The van der Waals surface area contributed by atoms with Gasteiger partial charge in [0.1, 0.15) is 0 Å². The van der Waals surface area contributed by atoms with Gasteiger partial charge in [0.15, 0.2) is 0 Å². The first-order valence-electron chi connectivity index (χ1n) is 7.23. The highest BCUT2D eigenvalue weighted by atomic mass is 35.5. The highest BCUT2D eigenvalue weighted by Gasteiger charge is 2.16. The second kappa shape index (κ2) is 6.02. The molecule has 0 bridgehead atoms. The van der Waals surface area contributed by atoms with Gasteiger partial charge in [-0.05, 0) is 38.0 Å². The number of nitrogens with zero attached hydrogens (tertiary/aromatic N) is 2. The van der Waals surface area contributed by atoms with Crippen molar-refractivity contribution in [2.45, 2.75) is 52.7 Å². The van der Waals surface area contributed by atoms with Crippen LogP contribution in [0.2, 0.25) is 5.02 Å². The van der Waals surface area contributed by atoms with Crippen LogP contribution >= 0.6 is 11.6 Å². The molecule has 2 rings (SSSR count). The van der Waals surface area contributed by atoms with Gasteiger partial charge in [-0.3, -0.25) is 9.13 Å². The molecule has 0 fully saturated rings. The molecule has 110 valence electrons. The van der Waals surface area contributed by atoms with Crippen LogP contribution in [0.15, 0.2) is 16.9 Å². The first-order chi connectivity index (χ1) is 9.54. The van der Waals surface area contributed by atoms with Crippen LogP contribution < -0.4 is 11.4 Å². The highest BCUT2D eigenvalue weighted by molar-refractivity contribution is 6.32. The Morgan fingerprint density at radius 2 is 1.70 bits per heavy atom. The first kappa shape index (κ1) is 15.1. The number of halogens is 1. The van der Waals surface area contributed by atoms with Crippen molar-refractivity contribution >= 4 is 22.6 Å². The summed E-state index contributed by atoms with van der Waals surface area (Å²) >= 11 is 6.36. The Kier molecular flexibility index (Phi) is 4.55. The number of fused-ring (bicyclic) bond motifs is 1. The fraction of sp³-hybridized carbons (Fsp3) is 0.533. The zero-order valence-corrected chi connectivity index (χ0v) is 13.1. The second-order valence-corrected chi connectivity index (χ2v) is 5.44. The summed E-state index contributed by atoms with van der Waals surface area (Å²) in [6.45, 7) is 7.32. The van der Waals surface area contributed by atoms with E-state index in [1.54, 1.807) is 9.13 Å². The Hall–Kier alpha value is -1.26. The summed E-state index contributed by atoms with van der Waals surface area (Å²) in [5.41, 5.74) is 8.94. The maximum absolute atomic E-state index is 12.3. The number of benzene rings is 1. The van der Waals surface area contributed by atoms with Crippen LogP contribution in [0, 0.1) is 0 Å². The molecule has 0 radical (unpaired) electrons. The van der Waals surface area contributed by atoms with Gasteiger partial charge in [-0.2, -0.15) is 0 Å². The molecule has 0 saturated heterocycles. The van der Waals surface area contributed by atoms with Crippen LogP contribution in [0.5, 0.6) is 0 Å². The minimum absolute atomic E-state index is 0.0160. The van der Waals surface area contributed by atoms with E-state index in [1.165, 1.54) is 0 Å². The normalized spacial score (nSPS) is 13.1. The largest absolute Gasteiger partial charge is 0.329 e. The molecule has 4 nitrogen and oxygen atoms in total. The molecule has 5 heteroatoms. The summed E-state index contributed by atoms with van der Waals surface area (Å²) in [5.74, 6) is 0. The second-order valence-electron chi connectivity index (χ2n) is 5.03. The maximum Gasteiger partial charge on any atom is 0.329 e. The maximum atomic E-state index is 12.3. The average Bonchev–Trinajstić information content (AvgIpc) is 2.68. The molecule has 0 amide bonds. The minimum Gasteiger partial charge on any atom is -0.324 e. The molecule has 1 aromatic heterocycles. The SMILES string of the molecule is CCCC(N)c1cc2c(cc1Cl)n(CC)c(=O)n2CC. The zero-order chi connectivity index (χ0) is 14.9. The van der Waals surface area contributed by atoms with Crippen LogP contribution in [0.25, 0.3) is 11.0 Å². The Morgan fingerprint density at radius 3 is 2.20 bits per heavy atom. The van der Waals surface area contributed by atoms with Gasteiger partial charge >= 0.3 is 5.69 Å². The molecule has 2 aromatic rings. The standard InChI is InChI=1S/C15H22ClN3O/c1-4-7-12(17)10-8-13-14(9-11(10)16)19(6-3)15(20)18(13)5-2/h8-9,12H,4-7,17H2,1-3H3. The molecular formula is C15H22ClN3O. The fourth-order valence-electron chi connectivity index (χ4n) is 2.71. The monoisotopic (exact) mass is 295 g/mol. The van der Waals surface area contributed by atoms with Gasteiger partial charge < -0.3 is 5.73 Å². The van der Waals surface area contributed by atoms with Gasteiger partial charge in [0, 0.05) is 24.2 Å². The molecular weight excluding hydrogens is 274 g/mol. The van der Waals surface area contributed by atoms with Crippen molar-refractivity contribution in [3.63, 3.8) is 0 Å². The van der Waals surface area contributed by atoms with Crippen LogP contribution in [-0.4, -0.2) is 9.13 Å². The third-order valence-corrected chi connectivity index (χ3v) is 4.10. The number of hydrogen-bond acceptors (Lipinski definition) is 2. The van der Waals surface area contributed by atoms with Gasteiger partial charge in [-0.1, -0.05) is 24.9 Å². The molecule has 0 saturated carbocycles. The van der Waals surface area contributed by atoms with Crippen molar-refractivity contribution in [3.05, 3.63) is 33.2 Å². The molecule has 1 heterocycles. The summed E-state index contributed by atoms with van der Waals surface area (Å²) in [4.78, 5) is 12.3. The predicted octanol–water partition coefficient (Wildman–Crippen LogP) is 3.30. The van der Waals surface area contributed by atoms with E-state index in [0.717, 1.165) is 29.4 Å². The lowest BCUT2D eigenvalue weighted by Gasteiger charge is -2.13. The molecule has 1 atom stereocenters. The smallest absolute Gasteiger partial charge is 0.324 e. The summed E-state index contributed by atoms with van der Waals surface area (Å²) in [7, 11) is 0. The Morgan fingerprint density at radius 1 is 1.15 bits per heavy atom. The lowest BCUT2D eigenvalue weighted by molar-refractivity contribution is 0.638. The van der Waals surface area contributed by atoms with Gasteiger partial charge in [-0.25, -0.2) is 4.79 Å². The molecule has 1 aromatic carbocycles. The Labute approximate surface area is 124 Å². The first-order valence-corrected chi connectivity index (χ1v) is 7.60. The van der Waals surface area contributed by atoms with Gasteiger partial charge in [-0.15, -0.1) is 0 Å². The topological polar surface area (TPSA) is 52.9 Å².